The van der Waals surface area contributed by atoms with Gasteiger partial charge in [0.1, 0.15) is 0 Å². The first-order valence-electron chi connectivity index (χ1n) is 7.42. The lowest BCUT2D eigenvalue weighted by molar-refractivity contribution is 0.155. The Morgan fingerprint density at radius 3 is 2.67 bits per heavy atom. The third-order valence-electron chi connectivity index (χ3n) is 3.84. The molecule has 0 saturated heterocycles. The topological polar surface area (TPSA) is 61.4 Å². The second-order valence-corrected chi connectivity index (χ2v) is 7.44. The summed E-state index contributed by atoms with van der Waals surface area (Å²) in [6.07, 6.45) is 2.16. The largest absolute Gasteiger partial charge is 0.394 e. The van der Waals surface area contributed by atoms with Crippen LogP contribution in [0.25, 0.3) is 0 Å². The van der Waals surface area contributed by atoms with Crippen LogP contribution in [0.15, 0.2) is 35.2 Å². The van der Waals surface area contributed by atoms with Crippen LogP contribution < -0.4 is 10.6 Å². The van der Waals surface area contributed by atoms with E-state index in [4.69, 9.17) is 0 Å². The van der Waals surface area contributed by atoms with Gasteiger partial charge in [-0.05, 0) is 37.8 Å². The van der Waals surface area contributed by atoms with Crippen LogP contribution in [-0.4, -0.2) is 35.1 Å². The Kier molecular flexibility index (Phi) is 5.53. The number of aliphatic hydroxyl groups is 1. The average Bonchev–Trinajstić information content (AvgIpc) is 3.31. The Morgan fingerprint density at radius 1 is 1.43 bits per heavy atom. The fourth-order valence-electron chi connectivity index (χ4n) is 2.30. The Morgan fingerprint density at radius 2 is 2.10 bits per heavy atom. The van der Waals surface area contributed by atoms with E-state index in [-0.39, 0.29) is 12.6 Å². The van der Waals surface area contributed by atoms with E-state index in [0.29, 0.717) is 17.7 Å². The van der Waals surface area contributed by atoms with Crippen LogP contribution in [0.2, 0.25) is 0 Å². The van der Waals surface area contributed by atoms with Gasteiger partial charge in [0.15, 0.2) is 0 Å². The summed E-state index contributed by atoms with van der Waals surface area (Å²) >= 11 is 1.74. The van der Waals surface area contributed by atoms with Gasteiger partial charge in [-0.15, -0.1) is 11.8 Å². The molecule has 0 aliphatic heterocycles. The Bertz CT molecular complexity index is 465. The van der Waals surface area contributed by atoms with E-state index in [1.54, 1.807) is 11.8 Å². The number of urea groups is 1. The molecule has 21 heavy (non-hydrogen) atoms. The van der Waals surface area contributed by atoms with Gasteiger partial charge in [-0.2, -0.15) is 0 Å². The first-order valence-corrected chi connectivity index (χ1v) is 8.30. The molecule has 0 bridgehead atoms. The van der Waals surface area contributed by atoms with Crippen molar-refractivity contribution in [3.05, 3.63) is 30.3 Å². The summed E-state index contributed by atoms with van der Waals surface area (Å²) in [5.41, 5.74) is -0.486. The predicted octanol–water partition coefficient (Wildman–Crippen LogP) is 2.63. The molecule has 1 aromatic rings. The Hall–Kier alpha value is -1.20. The zero-order chi connectivity index (χ0) is 15.3. The van der Waals surface area contributed by atoms with Gasteiger partial charge in [-0.3, -0.25) is 0 Å². The van der Waals surface area contributed by atoms with Crippen LogP contribution in [0.1, 0.15) is 26.7 Å². The van der Waals surface area contributed by atoms with Gasteiger partial charge in [-0.1, -0.05) is 25.1 Å². The number of hydrogen-bond donors (Lipinski definition) is 3. The lowest BCUT2D eigenvalue weighted by Gasteiger charge is -2.29. The SMILES string of the molecule is CC(CNC(=O)NC(C)(CO)C1CC1)Sc1ccccc1. The highest BCUT2D eigenvalue weighted by Gasteiger charge is 2.42. The summed E-state index contributed by atoms with van der Waals surface area (Å²) in [6.45, 7) is 4.58. The van der Waals surface area contributed by atoms with E-state index >= 15 is 0 Å². The van der Waals surface area contributed by atoms with E-state index in [1.165, 1.54) is 4.90 Å². The maximum atomic E-state index is 12.0. The third-order valence-corrected chi connectivity index (χ3v) is 4.95. The predicted molar refractivity (Wildman–Crippen MR) is 86.5 cm³/mol. The molecule has 2 rings (SSSR count). The van der Waals surface area contributed by atoms with Crippen LogP contribution in [-0.2, 0) is 0 Å². The molecule has 0 heterocycles. The van der Waals surface area contributed by atoms with E-state index in [1.807, 2.05) is 25.1 Å². The number of hydrogen-bond acceptors (Lipinski definition) is 3. The molecule has 5 heteroatoms. The van der Waals surface area contributed by atoms with E-state index < -0.39 is 5.54 Å². The summed E-state index contributed by atoms with van der Waals surface area (Å²) in [4.78, 5) is 13.2. The molecule has 1 aliphatic rings. The molecule has 1 saturated carbocycles. The number of carbonyl (C=O) groups excluding carboxylic acids is 1. The van der Waals surface area contributed by atoms with Gasteiger partial charge in [0.25, 0.3) is 0 Å². The summed E-state index contributed by atoms with van der Waals surface area (Å²) in [6, 6.07) is 9.95. The van der Waals surface area contributed by atoms with Crippen molar-refractivity contribution >= 4 is 17.8 Å². The molecule has 116 valence electrons. The maximum absolute atomic E-state index is 12.0. The average molecular weight is 308 g/mol. The van der Waals surface area contributed by atoms with E-state index in [9.17, 15) is 9.90 Å². The monoisotopic (exact) mass is 308 g/mol. The second kappa shape index (κ2) is 7.18. The number of amides is 2. The van der Waals surface area contributed by atoms with Gasteiger partial charge in [0.05, 0.1) is 12.1 Å². The maximum Gasteiger partial charge on any atom is 0.315 e. The lowest BCUT2D eigenvalue weighted by Crippen LogP contribution is -2.54. The fourth-order valence-corrected chi connectivity index (χ4v) is 3.25. The van der Waals surface area contributed by atoms with Crippen LogP contribution in [0, 0.1) is 5.92 Å². The summed E-state index contributed by atoms with van der Waals surface area (Å²) in [7, 11) is 0. The number of aliphatic hydroxyl groups excluding tert-OH is 1. The molecule has 2 atom stereocenters. The van der Waals surface area contributed by atoms with Crippen LogP contribution in [0.4, 0.5) is 4.79 Å². The summed E-state index contributed by atoms with van der Waals surface area (Å²) in [5, 5.41) is 15.6. The standard InChI is InChI=1S/C16H24N2O2S/c1-12(21-14-6-4-3-5-7-14)10-17-15(20)18-16(2,11-19)13-8-9-13/h3-7,12-13,19H,8-11H2,1-2H3,(H2,17,18,20). The zero-order valence-electron chi connectivity index (χ0n) is 12.6. The Labute approximate surface area is 130 Å². The number of thioether (sulfide) groups is 1. The van der Waals surface area contributed by atoms with Crippen LogP contribution in [0.3, 0.4) is 0 Å². The fraction of sp³-hybridized carbons (Fsp3) is 0.562. The van der Waals surface area contributed by atoms with Crippen molar-refractivity contribution < 1.29 is 9.90 Å². The van der Waals surface area contributed by atoms with Gasteiger partial charge in [0.2, 0.25) is 0 Å². The van der Waals surface area contributed by atoms with Gasteiger partial charge >= 0.3 is 6.03 Å². The number of nitrogens with one attached hydrogen (secondary N) is 2. The number of carbonyl (C=O) groups is 1. The first-order chi connectivity index (χ1) is 10.0. The highest BCUT2D eigenvalue weighted by molar-refractivity contribution is 8.00. The minimum absolute atomic E-state index is 0.0145. The molecule has 0 radical (unpaired) electrons. The minimum atomic E-state index is -0.486. The molecular formula is C16H24N2O2S. The number of benzene rings is 1. The second-order valence-electron chi connectivity index (χ2n) is 5.93. The summed E-state index contributed by atoms with van der Waals surface area (Å²) in [5.74, 6) is 0.407. The molecule has 1 aliphatic carbocycles. The molecule has 1 fully saturated rings. The molecule has 2 unspecified atom stereocenters. The molecule has 2 amide bonds. The normalized spacial score (nSPS) is 18.6. The van der Waals surface area contributed by atoms with Gasteiger partial charge in [-0.25, -0.2) is 4.79 Å². The van der Waals surface area contributed by atoms with Crippen molar-refractivity contribution in [2.45, 2.75) is 42.4 Å². The molecular weight excluding hydrogens is 284 g/mol. The third kappa shape index (κ3) is 4.93. The van der Waals surface area contributed by atoms with Gasteiger partial charge in [0, 0.05) is 16.7 Å². The quantitative estimate of drug-likeness (QED) is 0.679. The molecule has 0 aromatic heterocycles. The Balaban J connectivity index is 1.73. The summed E-state index contributed by atoms with van der Waals surface area (Å²) < 4.78 is 0. The smallest absolute Gasteiger partial charge is 0.315 e. The van der Waals surface area contributed by atoms with Crippen molar-refractivity contribution in [3.8, 4) is 0 Å². The van der Waals surface area contributed by atoms with E-state index in [2.05, 4.69) is 29.7 Å². The van der Waals surface area contributed by atoms with Crippen LogP contribution >= 0.6 is 11.8 Å². The van der Waals surface area contributed by atoms with Crippen molar-refractivity contribution in [2.75, 3.05) is 13.2 Å². The molecule has 4 nitrogen and oxygen atoms in total. The number of rotatable bonds is 7. The molecule has 3 N–H and O–H groups in total. The molecule has 1 aromatic carbocycles. The first kappa shape index (κ1) is 16.2. The van der Waals surface area contributed by atoms with Crippen molar-refractivity contribution in [1.29, 1.82) is 0 Å². The van der Waals surface area contributed by atoms with Gasteiger partial charge < -0.3 is 15.7 Å². The van der Waals surface area contributed by atoms with Crippen LogP contribution in [0.5, 0.6) is 0 Å². The lowest BCUT2D eigenvalue weighted by atomic mass is 9.97. The highest BCUT2D eigenvalue weighted by Crippen LogP contribution is 2.39. The van der Waals surface area contributed by atoms with E-state index in [0.717, 1.165) is 12.8 Å². The van der Waals surface area contributed by atoms with Crippen molar-refractivity contribution in [1.82, 2.24) is 10.6 Å². The zero-order valence-corrected chi connectivity index (χ0v) is 13.5. The minimum Gasteiger partial charge on any atom is -0.394 e. The van der Waals surface area contributed by atoms with Crippen molar-refractivity contribution in [3.63, 3.8) is 0 Å². The van der Waals surface area contributed by atoms with Crippen molar-refractivity contribution in [2.24, 2.45) is 5.92 Å². The highest BCUT2D eigenvalue weighted by atomic mass is 32.2. The molecule has 0 spiro atoms.